The Morgan fingerprint density at radius 3 is 2.89 bits per heavy atom. The lowest BCUT2D eigenvalue weighted by atomic mass is 9.96. The van der Waals surface area contributed by atoms with Crippen molar-refractivity contribution in [3.63, 3.8) is 0 Å². The number of benzene rings is 1. The fourth-order valence-electron chi connectivity index (χ4n) is 4.35. The van der Waals surface area contributed by atoms with Crippen molar-refractivity contribution in [3.05, 3.63) is 52.6 Å². The molecule has 7 atom stereocenters. The Bertz CT molecular complexity index is 1450. The van der Waals surface area contributed by atoms with Crippen molar-refractivity contribution in [2.24, 2.45) is 0 Å². The minimum atomic E-state index is -3.55. The van der Waals surface area contributed by atoms with Gasteiger partial charge < -0.3 is 29.9 Å². The number of anilines is 1. The highest BCUT2D eigenvalue weighted by molar-refractivity contribution is 8.56. The van der Waals surface area contributed by atoms with Gasteiger partial charge in [0.2, 0.25) is 5.95 Å². The zero-order valence-corrected chi connectivity index (χ0v) is 22.1. The first-order chi connectivity index (χ1) is 18.0. The van der Waals surface area contributed by atoms with Crippen LogP contribution >= 0.6 is 18.1 Å². The zero-order valence-electron chi connectivity index (χ0n) is 20.4. The number of hydrogen-bond donors (Lipinski definition) is 5. The predicted octanol–water partition coefficient (Wildman–Crippen LogP) is 0.845. The third kappa shape index (κ3) is 4.98. The number of ether oxygens (including phenoxy) is 2. The quantitative estimate of drug-likeness (QED) is 0.199. The number of aromatic amines is 1. The average molecular weight is 567 g/mol. The summed E-state index contributed by atoms with van der Waals surface area (Å²) in [6, 6.07) is 8.37. The van der Waals surface area contributed by atoms with E-state index in [0.717, 1.165) is 16.9 Å². The van der Waals surface area contributed by atoms with E-state index in [4.69, 9.17) is 19.7 Å². The summed E-state index contributed by atoms with van der Waals surface area (Å²) in [6.45, 7) is -0.825. The topological polar surface area (TPSA) is 204 Å². The van der Waals surface area contributed by atoms with Gasteiger partial charge in [0.1, 0.15) is 30.0 Å². The number of nitrogens with zero attached hydrogens (tertiary/aromatic N) is 3. The van der Waals surface area contributed by atoms with E-state index in [2.05, 4.69) is 20.0 Å². The van der Waals surface area contributed by atoms with Crippen molar-refractivity contribution in [1.29, 1.82) is 0 Å². The van der Waals surface area contributed by atoms with Gasteiger partial charge in [-0.15, -0.1) is 0 Å². The van der Waals surface area contributed by atoms with Gasteiger partial charge in [0.15, 0.2) is 17.4 Å². The van der Waals surface area contributed by atoms with Gasteiger partial charge in [0.05, 0.1) is 12.9 Å². The van der Waals surface area contributed by atoms with Crippen LogP contribution in [-0.4, -0.2) is 71.9 Å². The van der Waals surface area contributed by atoms with Crippen LogP contribution in [0.25, 0.3) is 11.2 Å². The summed E-state index contributed by atoms with van der Waals surface area (Å²) >= 11 is 0.937. The molecule has 0 spiro atoms. The van der Waals surface area contributed by atoms with E-state index in [9.17, 15) is 24.4 Å². The van der Waals surface area contributed by atoms with Crippen molar-refractivity contribution < 1.29 is 33.6 Å². The maximum atomic E-state index is 13.2. The van der Waals surface area contributed by atoms with Crippen LogP contribution in [0.15, 0.2) is 41.5 Å². The number of hydrogen-bond acceptors (Lipinski definition) is 12. The highest BCUT2D eigenvalue weighted by Crippen LogP contribution is 2.61. The van der Waals surface area contributed by atoms with Gasteiger partial charge in [0.25, 0.3) is 5.56 Å². The Morgan fingerprint density at radius 2 is 2.16 bits per heavy atom. The normalized spacial score (nSPS) is 32.0. The van der Waals surface area contributed by atoms with Crippen molar-refractivity contribution in [2.75, 3.05) is 18.1 Å². The number of carbonyl (C=O) groups excluding carboxylic acids is 1. The van der Waals surface area contributed by atoms with E-state index in [1.165, 1.54) is 17.8 Å². The molecule has 2 aromatic heterocycles. The summed E-state index contributed by atoms with van der Waals surface area (Å²) in [5.74, 6) is -0.561. The molecule has 6 N–H and O–H groups in total. The molecule has 204 valence electrons. The number of aliphatic hydroxyl groups is 2. The minimum Gasteiger partial charge on any atom is -0.457 e. The molecular weight excluding hydrogens is 539 g/mol. The Morgan fingerprint density at radius 1 is 1.42 bits per heavy atom. The molecule has 5 rings (SSSR count). The maximum absolute atomic E-state index is 13.2. The molecule has 2 aliphatic rings. The third-order valence-electron chi connectivity index (χ3n) is 6.44. The number of aliphatic hydroxyl groups excluding tert-OH is 1. The number of nitrogens with two attached hydrogens (primary N) is 1. The largest absolute Gasteiger partial charge is 0.457 e. The molecule has 0 radical (unpaired) electrons. The fraction of sp³-hybridized carbons (Fsp3) is 0.455. The molecule has 0 saturated carbocycles. The molecule has 3 aromatic rings. The molecule has 0 bridgehead atoms. The number of carbonyl (C=O) groups is 1. The second-order valence-corrected chi connectivity index (χ2v) is 13.6. The van der Waals surface area contributed by atoms with Gasteiger partial charge in [-0.2, -0.15) is 4.98 Å². The summed E-state index contributed by atoms with van der Waals surface area (Å²) in [5, 5.41) is 24.5. The number of nitrogens with one attached hydrogen (secondary N) is 2. The molecule has 14 nitrogen and oxygen atoms in total. The SMILES string of the molecule is C[C@@H](OC(=O)[C@@H]1CS[P@](=O)(OCC2O[C@@H](n3cnc4c(=O)[nH]c(N)nc43)[C@](C)(O)[C@@H]2O)N1)c1ccccc1. The summed E-state index contributed by atoms with van der Waals surface area (Å²) in [7, 11) is 0. The van der Waals surface area contributed by atoms with Crippen molar-refractivity contribution in [2.45, 2.75) is 50.0 Å². The second-order valence-electron chi connectivity index (χ2n) is 9.23. The molecule has 0 amide bonds. The molecule has 1 aromatic carbocycles. The fourth-order valence-corrected chi connectivity index (χ4v) is 8.23. The summed E-state index contributed by atoms with van der Waals surface area (Å²) < 4.78 is 31.5. The first-order valence-corrected chi connectivity index (χ1v) is 14.9. The van der Waals surface area contributed by atoms with E-state index in [1.807, 2.05) is 30.3 Å². The highest BCUT2D eigenvalue weighted by atomic mass is 32.7. The average Bonchev–Trinajstić information content (AvgIpc) is 3.54. The third-order valence-corrected chi connectivity index (χ3v) is 10.5. The van der Waals surface area contributed by atoms with Gasteiger partial charge in [-0.3, -0.25) is 23.7 Å². The van der Waals surface area contributed by atoms with Crippen LogP contribution in [0.4, 0.5) is 5.95 Å². The zero-order chi connectivity index (χ0) is 27.2. The van der Waals surface area contributed by atoms with E-state index in [0.29, 0.717) is 0 Å². The van der Waals surface area contributed by atoms with E-state index in [1.54, 1.807) is 6.92 Å². The Labute approximate surface area is 220 Å². The van der Waals surface area contributed by atoms with Crippen LogP contribution in [0.2, 0.25) is 0 Å². The van der Waals surface area contributed by atoms with Gasteiger partial charge in [-0.25, -0.2) is 10.1 Å². The summed E-state index contributed by atoms with van der Waals surface area (Å²) in [5.41, 5.74) is 4.07. The molecular formula is C22H27N6O8PS. The number of fused-ring (bicyclic) bond motifs is 1. The second kappa shape index (κ2) is 10.1. The van der Waals surface area contributed by atoms with Crippen molar-refractivity contribution in [3.8, 4) is 0 Å². The summed E-state index contributed by atoms with van der Waals surface area (Å²) in [6.07, 6.45) is -3.03. The maximum Gasteiger partial charge on any atom is 0.327 e. The number of imidazole rings is 1. The Hall–Kier alpha value is -2.78. The van der Waals surface area contributed by atoms with Crippen LogP contribution in [-0.2, 0) is 23.4 Å². The van der Waals surface area contributed by atoms with Gasteiger partial charge in [-0.1, -0.05) is 41.7 Å². The van der Waals surface area contributed by atoms with Crippen molar-refractivity contribution >= 4 is 41.2 Å². The molecule has 2 fully saturated rings. The first-order valence-electron chi connectivity index (χ1n) is 11.7. The monoisotopic (exact) mass is 566 g/mol. The predicted molar refractivity (Wildman–Crippen MR) is 137 cm³/mol. The van der Waals surface area contributed by atoms with E-state index < -0.39 is 54.4 Å². The smallest absolute Gasteiger partial charge is 0.327 e. The van der Waals surface area contributed by atoms with Gasteiger partial charge in [-0.05, 0) is 19.4 Å². The van der Waals surface area contributed by atoms with Gasteiger partial charge in [0, 0.05) is 5.75 Å². The molecule has 2 saturated heterocycles. The number of H-pyrrole nitrogens is 1. The van der Waals surface area contributed by atoms with Crippen LogP contribution in [0.3, 0.4) is 0 Å². The Kier molecular flexibility index (Phi) is 7.11. The highest BCUT2D eigenvalue weighted by Gasteiger charge is 2.54. The summed E-state index contributed by atoms with van der Waals surface area (Å²) in [4.78, 5) is 35.1. The van der Waals surface area contributed by atoms with Crippen molar-refractivity contribution in [1.82, 2.24) is 24.6 Å². The minimum absolute atomic E-state index is 0.0247. The van der Waals surface area contributed by atoms with E-state index >= 15 is 0 Å². The van der Waals surface area contributed by atoms with Crippen LogP contribution in [0, 0.1) is 0 Å². The lowest BCUT2D eigenvalue weighted by Crippen LogP contribution is -2.44. The number of esters is 1. The van der Waals surface area contributed by atoms with E-state index in [-0.39, 0.29) is 29.5 Å². The molecule has 38 heavy (non-hydrogen) atoms. The standard InChI is InChI=1S/C22H27N6O8PS/c1-11(12-6-4-3-5-7-12)35-19(31)13-9-38-37(33,27-13)34-8-14-16(29)22(2,32)20(36-14)28-10-24-15-17(28)25-21(23)26-18(15)30/h3-7,10-11,13-14,16,20,29,32H,8-9H2,1-2H3,(H,27,33)(H3,23,25,26,30)/t11-,13+,14?,16-,20-,22-,37-/m1/s1. The molecule has 1 unspecified atom stereocenters. The van der Waals surface area contributed by atoms with Crippen LogP contribution < -0.4 is 16.4 Å². The molecule has 4 heterocycles. The Balaban J connectivity index is 1.23. The lowest BCUT2D eigenvalue weighted by molar-refractivity contribution is -0.150. The number of rotatable bonds is 7. The first kappa shape index (κ1) is 26.8. The lowest BCUT2D eigenvalue weighted by Gasteiger charge is -2.27. The molecule has 2 aliphatic heterocycles. The van der Waals surface area contributed by atoms with Gasteiger partial charge >= 0.3 is 12.7 Å². The molecule has 0 aliphatic carbocycles. The molecule has 16 heteroatoms. The van der Waals surface area contributed by atoms with Crippen LogP contribution in [0.5, 0.6) is 0 Å². The number of aromatic nitrogens is 4. The van der Waals surface area contributed by atoms with Crippen LogP contribution in [0.1, 0.15) is 31.7 Å². The number of nitrogen functional groups attached to an aromatic ring is 1.